The van der Waals surface area contributed by atoms with Crippen LogP contribution in [0.5, 0.6) is 0 Å². The number of thiophene rings is 1. The van der Waals surface area contributed by atoms with Crippen LogP contribution in [0, 0.1) is 0 Å². The Morgan fingerprint density at radius 3 is 2.67 bits per heavy atom. The van der Waals surface area contributed by atoms with Crippen LogP contribution in [0.4, 0.5) is 5.69 Å². The van der Waals surface area contributed by atoms with Crippen LogP contribution in [-0.4, -0.2) is 13.0 Å². The molecule has 0 saturated carbocycles. The SMILES string of the molecule is CNc1ccccc1C(=O)N[C@@H](C)c1cccs1. The molecule has 1 aromatic carbocycles. The second-order valence-corrected chi connectivity index (χ2v) is 4.99. The van der Waals surface area contributed by atoms with Crippen LogP contribution in [0.15, 0.2) is 41.8 Å². The fourth-order valence-corrected chi connectivity index (χ4v) is 2.52. The third-order valence-corrected chi connectivity index (χ3v) is 3.81. The summed E-state index contributed by atoms with van der Waals surface area (Å²) in [5.41, 5.74) is 1.51. The van der Waals surface area contributed by atoms with Gasteiger partial charge in [0.1, 0.15) is 0 Å². The van der Waals surface area contributed by atoms with E-state index in [1.165, 1.54) is 0 Å². The molecule has 0 aliphatic carbocycles. The van der Waals surface area contributed by atoms with Crippen LogP contribution >= 0.6 is 11.3 Å². The van der Waals surface area contributed by atoms with E-state index < -0.39 is 0 Å². The minimum absolute atomic E-state index is 0.0300. The smallest absolute Gasteiger partial charge is 0.253 e. The number of amides is 1. The van der Waals surface area contributed by atoms with E-state index >= 15 is 0 Å². The van der Waals surface area contributed by atoms with Gasteiger partial charge in [0.2, 0.25) is 0 Å². The Kier molecular flexibility index (Phi) is 3.99. The number of rotatable bonds is 4. The summed E-state index contributed by atoms with van der Waals surface area (Å²) in [6, 6.07) is 11.5. The summed E-state index contributed by atoms with van der Waals surface area (Å²) in [5.74, 6) is -0.0548. The van der Waals surface area contributed by atoms with Gasteiger partial charge in [0.25, 0.3) is 5.91 Å². The van der Waals surface area contributed by atoms with Gasteiger partial charge in [-0.2, -0.15) is 0 Å². The lowest BCUT2D eigenvalue weighted by Crippen LogP contribution is -2.26. The van der Waals surface area contributed by atoms with Crippen LogP contribution in [0.2, 0.25) is 0 Å². The molecule has 4 heteroatoms. The van der Waals surface area contributed by atoms with E-state index in [0.29, 0.717) is 5.56 Å². The summed E-state index contributed by atoms with van der Waals surface area (Å²) in [7, 11) is 1.81. The van der Waals surface area contributed by atoms with Crippen LogP contribution in [0.3, 0.4) is 0 Å². The van der Waals surface area contributed by atoms with Gasteiger partial charge in [0, 0.05) is 17.6 Å². The molecule has 0 aliphatic heterocycles. The van der Waals surface area contributed by atoms with Crippen molar-refractivity contribution in [3.05, 3.63) is 52.2 Å². The topological polar surface area (TPSA) is 41.1 Å². The molecule has 3 nitrogen and oxygen atoms in total. The van der Waals surface area contributed by atoms with Crippen molar-refractivity contribution in [2.75, 3.05) is 12.4 Å². The van der Waals surface area contributed by atoms with Crippen molar-refractivity contribution in [1.29, 1.82) is 0 Å². The lowest BCUT2D eigenvalue weighted by Gasteiger charge is -2.14. The molecule has 94 valence electrons. The molecule has 1 heterocycles. The molecule has 0 spiro atoms. The summed E-state index contributed by atoms with van der Waals surface area (Å²) in [6.45, 7) is 1.99. The van der Waals surface area contributed by atoms with Crippen LogP contribution < -0.4 is 10.6 Å². The van der Waals surface area contributed by atoms with Crippen molar-refractivity contribution >= 4 is 22.9 Å². The number of hydrogen-bond donors (Lipinski definition) is 2. The Labute approximate surface area is 111 Å². The fraction of sp³-hybridized carbons (Fsp3) is 0.214. The lowest BCUT2D eigenvalue weighted by molar-refractivity contribution is 0.0941. The molecule has 0 unspecified atom stereocenters. The van der Waals surface area contributed by atoms with Crippen LogP contribution in [-0.2, 0) is 0 Å². The molecule has 0 radical (unpaired) electrons. The molecule has 0 aliphatic rings. The number of carbonyl (C=O) groups is 1. The maximum atomic E-state index is 12.2. The van der Waals surface area contributed by atoms with Crippen molar-refractivity contribution < 1.29 is 4.79 Å². The van der Waals surface area contributed by atoms with Gasteiger partial charge in [0.15, 0.2) is 0 Å². The molecular weight excluding hydrogens is 244 g/mol. The minimum atomic E-state index is -0.0548. The Balaban J connectivity index is 2.12. The van der Waals surface area contributed by atoms with E-state index in [1.807, 2.05) is 55.7 Å². The average Bonchev–Trinajstić information content (AvgIpc) is 2.92. The standard InChI is InChI=1S/C14H16N2OS/c1-10(13-8-5-9-18-13)16-14(17)11-6-3-4-7-12(11)15-2/h3-10,15H,1-2H3,(H,16,17)/t10-/m0/s1. The molecule has 18 heavy (non-hydrogen) atoms. The number of carbonyl (C=O) groups excluding carboxylic acids is 1. The van der Waals surface area contributed by atoms with Crippen molar-refractivity contribution in [1.82, 2.24) is 5.32 Å². The highest BCUT2D eigenvalue weighted by Crippen LogP contribution is 2.20. The van der Waals surface area contributed by atoms with E-state index in [1.54, 1.807) is 11.3 Å². The molecule has 2 aromatic rings. The van der Waals surface area contributed by atoms with Gasteiger partial charge < -0.3 is 10.6 Å². The Bertz CT molecular complexity index is 522. The summed E-state index contributed by atoms with van der Waals surface area (Å²) in [5, 5.41) is 8.04. The van der Waals surface area contributed by atoms with Gasteiger partial charge in [0.05, 0.1) is 11.6 Å². The second-order valence-electron chi connectivity index (χ2n) is 4.01. The number of anilines is 1. The number of nitrogens with one attached hydrogen (secondary N) is 2. The number of para-hydroxylation sites is 1. The third-order valence-electron chi connectivity index (χ3n) is 2.76. The van der Waals surface area contributed by atoms with Gasteiger partial charge in [-0.05, 0) is 30.5 Å². The van der Waals surface area contributed by atoms with E-state index in [-0.39, 0.29) is 11.9 Å². The lowest BCUT2D eigenvalue weighted by atomic mass is 10.1. The first-order valence-corrected chi connectivity index (χ1v) is 6.71. The van der Waals surface area contributed by atoms with Gasteiger partial charge in [-0.15, -0.1) is 11.3 Å². The Morgan fingerprint density at radius 1 is 1.22 bits per heavy atom. The predicted octanol–water partition coefficient (Wildman–Crippen LogP) is 3.28. The van der Waals surface area contributed by atoms with E-state index in [9.17, 15) is 4.79 Å². The maximum absolute atomic E-state index is 12.2. The van der Waals surface area contributed by atoms with Crippen LogP contribution in [0.1, 0.15) is 28.2 Å². The quantitative estimate of drug-likeness (QED) is 0.885. The first-order valence-electron chi connectivity index (χ1n) is 5.83. The zero-order valence-corrected chi connectivity index (χ0v) is 11.3. The van der Waals surface area contributed by atoms with E-state index in [2.05, 4.69) is 10.6 Å². The zero-order chi connectivity index (χ0) is 13.0. The molecule has 0 fully saturated rings. The minimum Gasteiger partial charge on any atom is -0.387 e. The molecule has 1 atom stereocenters. The average molecular weight is 260 g/mol. The van der Waals surface area contributed by atoms with Gasteiger partial charge >= 0.3 is 0 Å². The largest absolute Gasteiger partial charge is 0.387 e. The Morgan fingerprint density at radius 2 is 2.00 bits per heavy atom. The van der Waals surface area contributed by atoms with Crippen molar-refractivity contribution in [3.63, 3.8) is 0 Å². The summed E-state index contributed by atoms with van der Waals surface area (Å²) in [4.78, 5) is 13.3. The predicted molar refractivity (Wildman–Crippen MR) is 76.2 cm³/mol. The molecule has 2 N–H and O–H groups in total. The second kappa shape index (κ2) is 5.69. The first kappa shape index (κ1) is 12.6. The number of hydrogen-bond acceptors (Lipinski definition) is 3. The molecule has 2 rings (SSSR count). The zero-order valence-electron chi connectivity index (χ0n) is 10.4. The van der Waals surface area contributed by atoms with E-state index in [0.717, 1.165) is 10.6 Å². The highest BCUT2D eigenvalue weighted by molar-refractivity contribution is 7.10. The number of benzene rings is 1. The van der Waals surface area contributed by atoms with Crippen molar-refractivity contribution in [3.8, 4) is 0 Å². The van der Waals surface area contributed by atoms with Gasteiger partial charge in [-0.1, -0.05) is 18.2 Å². The maximum Gasteiger partial charge on any atom is 0.253 e. The molecule has 1 aromatic heterocycles. The molecule has 1 amide bonds. The summed E-state index contributed by atoms with van der Waals surface area (Å²) >= 11 is 1.65. The monoisotopic (exact) mass is 260 g/mol. The van der Waals surface area contributed by atoms with Crippen LogP contribution in [0.25, 0.3) is 0 Å². The Hall–Kier alpha value is -1.81. The highest BCUT2D eigenvalue weighted by Gasteiger charge is 2.14. The summed E-state index contributed by atoms with van der Waals surface area (Å²) < 4.78 is 0. The fourth-order valence-electron chi connectivity index (χ4n) is 1.78. The van der Waals surface area contributed by atoms with Crippen molar-refractivity contribution in [2.24, 2.45) is 0 Å². The van der Waals surface area contributed by atoms with E-state index in [4.69, 9.17) is 0 Å². The normalized spacial score (nSPS) is 11.9. The first-order chi connectivity index (χ1) is 8.72. The highest BCUT2D eigenvalue weighted by atomic mass is 32.1. The van der Waals surface area contributed by atoms with Gasteiger partial charge in [-0.25, -0.2) is 0 Å². The molecular formula is C14H16N2OS. The molecule has 0 bridgehead atoms. The van der Waals surface area contributed by atoms with Gasteiger partial charge in [-0.3, -0.25) is 4.79 Å². The van der Waals surface area contributed by atoms with Crippen molar-refractivity contribution in [2.45, 2.75) is 13.0 Å². The summed E-state index contributed by atoms with van der Waals surface area (Å²) in [6.07, 6.45) is 0. The third kappa shape index (κ3) is 2.71. The molecule has 0 saturated heterocycles.